The van der Waals surface area contributed by atoms with Gasteiger partial charge in [0, 0.05) is 0 Å². The van der Waals surface area contributed by atoms with Gasteiger partial charge in [-0.25, -0.2) is 9.79 Å². The van der Waals surface area contributed by atoms with Gasteiger partial charge in [0.05, 0.1) is 42.7 Å². The van der Waals surface area contributed by atoms with E-state index in [0.717, 1.165) is 11.1 Å². The molecule has 0 bridgehead atoms. The van der Waals surface area contributed by atoms with E-state index in [2.05, 4.69) is 4.99 Å². The zero-order valence-corrected chi connectivity index (χ0v) is 19.6. The smallest absolute Gasteiger partial charge is 0.338 e. The van der Waals surface area contributed by atoms with Crippen molar-refractivity contribution in [3.8, 4) is 11.5 Å². The van der Waals surface area contributed by atoms with Crippen LogP contribution in [0.15, 0.2) is 69.6 Å². The minimum atomic E-state index is -0.617. The van der Waals surface area contributed by atoms with E-state index in [-0.39, 0.29) is 12.2 Å². The first-order valence-corrected chi connectivity index (χ1v) is 11.3. The van der Waals surface area contributed by atoms with Crippen molar-refractivity contribution in [2.45, 2.75) is 19.9 Å². The van der Waals surface area contributed by atoms with Gasteiger partial charge in [0.1, 0.15) is 0 Å². The average Bonchev–Trinajstić information content (AvgIpc) is 3.13. The topological polar surface area (TPSA) is 79.1 Å². The fourth-order valence-corrected chi connectivity index (χ4v) is 4.88. The zero-order valence-electron chi connectivity index (χ0n) is 18.8. The maximum atomic E-state index is 13.6. The quantitative estimate of drug-likeness (QED) is 0.524. The molecule has 2 aromatic carbocycles. The Labute approximate surface area is 194 Å². The van der Waals surface area contributed by atoms with E-state index in [1.165, 1.54) is 11.3 Å². The zero-order chi connectivity index (χ0) is 23.5. The number of benzene rings is 2. The van der Waals surface area contributed by atoms with Crippen LogP contribution in [0.1, 0.15) is 31.0 Å². The van der Waals surface area contributed by atoms with Gasteiger partial charge < -0.3 is 14.2 Å². The van der Waals surface area contributed by atoms with Gasteiger partial charge in [-0.2, -0.15) is 0 Å². The van der Waals surface area contributed by atoms with Gasteiger partial charge in [0.2, 0.25) is 0 Å². The van der Waals surface area contributed by atoms with Crippen molar-refractivity contribution in [3.63, 3.8) is 0 Å². The number of allylic oxidation sites excluding steroid dienone is 1. The van der Waals surface area contributed by atoms with Crippen LogP contribution in [0.4, 0.5) is 0 Å². The molecule has 8 heteroatoms. The van der Waals surface area contributed by atoms with Crippen molar-refractivity contribution in [1.82, 2.24) is 4.57 Å². The molecular formula is C25H24N2O5S. The molecule has 0 saturated heterocycles. The number of thiazole rings is 1. The third-order valence-corrected chi connectivity index (χ3v) is 6.32. The third kappa shape index (κ3) is 4.21. The molecule has 170 valence electrons. The van der Waals surface area contributed by atoms with E-state index in [1.807, 2.05) is 36.4 Å². The van der Waals surface area contributed by atoms with Gasteiger partial charge in [-0.15, -0.1) is 0 Å². The van der Waals surface area contributed by atoms with Gasteiger partial charge in [0.25, 0.3) is 5.56 Å². The van der Waals surface area contributed by atoms with E-state index >= 15 is 0 Å². The predicted octanol–water partition coefficient (Wildman–Crippen LogP) is 2.82. The molecule has 1 aliphatic heterocycles. The minimum Gasteiger partial charge on any atom is -0.493 e. The number of hydrogen-bond donors (Lipinski definition) is 0. The standard InChI is InChI=1S/C25H24N2O5S/c1-5-32-24(29)21-15(2)26-25-27(22(21)17-9-7-6-8-10-17)23(28)20(33-25)14-16-11-12-18(30-3)19(13-16)31-4/h6-14,22H,5H2,1-4H3/b20-14-/t22-/m0/s1. The molecule has 0 fully saturated rings. The number of aromatic nitrogens is 1. The highest BCUT2D eigenvalue weighted by molar-refractivity contribution is 7.07. The average molecular weight is 465 g/mol. The molecule has 3 aromatic rings. The largest absolute Gasteiger partial charge is 0.493 e. The first kappa shape index (κ1) is 22.5. The second kappa shape index (κ2) is 9.46. The summed E-state index contributed by atoms with van der Waals surface area (Å²) in [6, 6.07) is 14.3. The lowest BCUT2D eigenvalue weighted by atomic mass is 9.96. The maximum absolute atomic E-state index is 13.6. The second-order valence-electron chi connectivity index (χ2n) is 7.33. The summed E-state index contributed by atoms with van der Waals surface area (Å²) >= 11 is 1.28. The normalized spacial score (nSPS) is 15.6. The van der Waals surface area contributed by atoms with Crippen molar-refractivity contribution in [2.75, 3.05) is 20.8 Å². The highest BCUT2D eigenvalue weighted by Gasteiger charge is 2.33. The lowest BCUT2D eigenvalue weighted by Crippen LogP contribution is -2.39. The summed E-state index contributed by atoms with van der Waals surface area (Å²) in [5.74, 6) is 0.707. The summed E-state index contributed by atoms with van der Waals surface area (Å²) in [4.78, 5) is 31.5. The van der Waals surface area contributed by atoms with Crippen LogP contribution in [-0.4, -0.2) is 31.4 Å². The third-order valence-electron chi connectivity index (χ3n) is 5.34. The van der Waals surface area contributed by atoms with Crippen LogP contribution in [0.25, 0.3) is 6.08 Å². The second-order valence-corrected chi connectivity index (χ2v) is 8.34. The number of nitrogens with zero attached hydrogens (tertiary/aromatic N) is 2. The van der Waals surface area contributed by atoms with Gasteiger partial charge in [-0.05, 0) is 43.2 Å². The van der Waals surface area contributed by atoms with Crippen LogP contribution in [0.2, 0.25) is 0 Å². The molecule has 0 spiro atoms. The van der Waals surface area contributed by atoms with E-state index < -0.39 is 12.0 Å². The molecule has 2 heterocycles. The van der Waals surface area contributed by atoms with Crippen LogP contribution < -0.4 is 24.4 Å². The molecule has 1 aromatic heterocycles. The van der Waals surface area contributed by atoms with E-state index in [4.69, 9.17) is 14.2 Å². The number of rotatable bonds is 6. The molecule has 0 aliphatic carbocycles. The predicted molar refractivity (Wildman–Crippen MR) is 126 cm³/mol. The molecule has 0 amide bonds. The minimum absolute atomic E-state index is 0.225. The Morgan fingerprint density at radius 3 is 2.52 bits per heavy atom. The van der Waals surface area contributed by atoms with Crippen LogP contribution in [0, 0.1) is 0 Å². The van der Waals surface area contributed by atoms with Crippen LogP contribution in [-0.2, 0) is 9.53 Å². The molecular weight excluding hydrogens is 440 g/mol. The van der Waals surface area contributed by atoms with E-state index in [9.17, 15) is 9.59 Å². The fraction of sp³-hybridized carbons (Fsp3) is 0.240. The molecule has 4 rings (SSSR count). The molecule has 33 heavy (non-hydrogen) atoms. The highest BCUT2D eigenvalue weighted by Crippen LogP contribution is 2.31. The molecule has 0 unspecified atom stereocenters. The van der Waals surface area contributed by atoms with Gasteiger partial charge >= 0.3 is 5.97 Å². The number of fused-ring (bicyclic) bond motifs is 1. The summed E-state index contributed by atoms with van der Waals surface area (Å²) < 4.78 is 18.1. The van der Waals surface area contributed by atoms with Crippen molar-refractivity contribution in [2.24, 2.45) is 4.99 Å². The number of esters is 1. The number of hydrogen-bond acceptors (Lipinski definition) is 7. The lowest BCUT2D eigenvalue weighted by molar-refractivity contribution is -0.139. The maximum Gasteiger partial charge on any atom is 0.338 e. The van der Waals surface area contributed by atoms with Crippen molar-refractivity contribution < 1.29 is 19.0 Å². The monoisotopic (exact) mass is 464 g/mol. The van der Waals surface area contributed by atoms with Crippen LogP contribution >= 0.6 is 11.3 Å². The highest BCUT2D eigenvalue weighted by atomic mass is 32.1. The van der Waals surface area contributed by atoms with Crippen molar-refractivity contribution >= 4 is 23.4 Å². The Balaban J connectivity index is 1.92. The van der Waals surface area contributed by atoms with Crippen LogP contribution in [0.5, 0.6) is 11.5 Å². The lowest BCUT2D eigenvalue weighted by Gasteiger charge is -2.24. The molecule has 1 aliphatic rings. The Morgan fingerprint density at radius 1 is 1.12 bits per heavy atom. The summed E-state index contributed by atoms with van der Waals surface area (Å²) in [7, 11) is 3.14. The van der Waals surface area contributed by atoms with Gasteiger partial charge in [-0.1, -0.05) is 47.7 Å². The number of carbonyl (C=O) groups excluding carboxylic acids is 1. The van der Waals surface area contributed by atoms with Crippen molar-refractivity contribution in [3.05, 3.63) is 90.6 Å². The van der Waals surface area contributed by atoms with Crippen LogP contribution in [0.3, 0.4) is 0 Å². The van der Waals surface area contributed by atoms with Gasteiger partial charge in [-0.3, -0.25) is 9.36 Å². The number of ether oxygens (including phenoxy) is 3. The molecule has 1 atom stereocenters. The molecule has 0 N–H and O–H groups in total. The Morgan fingerprint density at radius 2 is 1.85 bits per heavy atom. The summed E-state index contributed by atoms with van der Waals surface area (Å²) in [6.07, 6.45) is 1.79. The first-order chi connectivity index (χ1) is 16.0. The van der Waals surface area contributed by atoms with E-state index in [0.29, 0.717) is 32.1 Å². The first-order valence-electron chi connectivity index (χ1n) is 10.4. The Hall–Kier alpha value is -3.65. The SMILES string of the molecule is CCOC(=O)C1=C(C)N=c2s/c(=C\c3ccc(OC)c(OC)c3)c(=O)n2[C@H]1c1ccccc1. The van der Waals surface area contributed by atoms with E-state index in [1.54, 1.807) is 50.8 Å². The Kier molecular flexibility index (Phi) is 6.46. The van der Waals surface area contributed by atoms with Crippen molar-refractivity contribution in [1.29, 1.82) is 0 Å². The Bertz CT molecular complexity index is 1400. The summed E-state index contributed by atoms with van der Waals surface area (Å²) in [6.45, 7) is 3.76. The number of methoxy groups -OCH3 is 2. The fourth-order valence-electron chi connectivity index (χ4n) is 3.84. The molecule has 0 saturated carbocycles. The summed E-state index contributed by atoms with van der Waals surface area (Å²) in [5, 5.41) is 0. The van der Waals surface area contributed by atoms with Gasteiger partial charge in [0.15, 0.2) is 16.3 Å². The molecule has 7 nitrogen and oxygen atoms in total. The molecule has 0 radical (unpaired) electrons. The summed E-state index contributed by atoms with van der Waals surface area (Å²) in [5.41, 5.74) is 2.29. The number of carbonyl (C=O) groups is 1.